The summed E-state index contributed by atoms with van der Waals surface area (Å²) in [6.07, 6.45) is 3.89. The van der Waals surface area contributed by atoms with Crippen LogP contribution in [0, 0.1) is 5.92 Å². The summed E-state index contributed by atoms with van der Waals surface area (Å²) < 4.78 is 6.93. The molecular weight excluding hydrogens is 334 g/mol. The molecule has 0 radical (unpaired) electrons. The average molecular weight is 359 g/mol. The van der Waals surface area contributed by atoms with Crippen molar-refractivity contribution in [2.75, 3.05) is 11.9 Å². The van der Waals surface area contributed by atoms with Crippen molar-refractivity contribution >= 4 is 17.6 Å². The summed E-state index contributed by atoms with van der Waals surface area (Å²) in [6, 6.07) is 6.88. The van der Waals surface area contributed by atoms with Crippen LogP contribution in [-0.4, -0.2) is 33.4 Å². The Morgan fingerprint density at radius 2 is 1.92 bits per heavy atom. The zero-order valence-corrected chi connectivity index (χ0v) is 15.5. The molecule has 0 spiro atoms. The van der Waals surface area contributed by atoms with Crippen LogP contribution in [0.25, 0.3) is 0 Å². The minimum Gasteiger partial charge on any atom is -0.494 e. The topological polar surface area (TPSA) is 93.5 Å². The van der Waals surface area contributed by atoms with E-state index in [-0.39, 0.29) is 5.91 Å². The van der Waals surface area contributed by atoms with Crippen molar-refractivity contribution in [3.8, 4) is 5.75 Å². The molecule has 26 heavy (non-hydrogen) atoms. The Morgan fingerprint density at radius 3 is 2.50 bits per heavy atom. The highest BCUT2D eigenvalue weighted by Gasteiger charge is 2.30. The van der Waals surface area contributed by atoms with Gasteiger partial charge in [-0.05, 0) is 50.5 Å². The lowest BCUT2D eigenvalue weighted by Crippen LogP contribution is -2.35. The SMILES string of the molecule is CC(C)CCOc1ccc(C(=O)Nc2cnn(C(C)(C)C(=O)O)c2)cc1. The van der Waals surface area contributed by atoms with Gasteiger partial charge in [0, 0.05) is 11.8 Å². The third kappa shape index (κ3) is 4.84. The summed E-state index contributed by atoms with van der Waals surface area (Å²) in [4.78, 5) is 23.6. The molecule has 0 unspecified atom stereocenters. The molecule has 140 valence electrons. The van der Waals surface area contributed by atoms with E-state index in [0.29, 0.717) is 23.8 Å². The van der Waals surface area contributed by atoms with Crippen LogP contribution in [-0.2, 0) is 10.3 Å². The molecule has 0 aliphatic carbocycles. The van der Waals surface area contributed by atoms with E-state index in [0.717, 1.165) is 12.2 Å². The maximum Gasteiger partial charge on any atom is 0.331 e. The van der Waals surface area contributed by atoms with Crippen molar-refractivity contribution in [3.05, 3.63) is 42.2 Å². The number of amides is 1. The van der Waals surface area contributed by atoms with Crippen molar-refractivity contribution in [3.63, 3.8) is 0 Å². The first-order valence-electron chi connectivity index (χ1n) is 8.53. The van der Waals surface area contributed by atoms with Gasteiger partial charge in [0.15, 0.2) is 5.54 Å². The van der Waals surface area contributed by atoms with Gasteiger partial charge in [0.1, 0.15) is 5.75 Å². The van der Waals surface area contributed by atoms with E-state index in [9.17, 15) is 14.7 Å². The van der Waals surface area contributed by atoms with Crippen LogP contribution in [0.4, 0.5) is 5.69 Å². The van der Waals surface area contributed by atoms with E-state index in [2.05, 4.69) is 24.3 Å². The van der Waals surface area contributed by atoms with Crippen LogP contribution in [0.3, 0.4) is 0 Å². The molecule has 7 heteroatoms. The van der Waals surface area contributed by atoms with Crippen molar-refractivity contribution in [1.82, 2.24) is 9.78 Å². The summed E-state index contributed by atoms with van der Waals surface area (Å²) >= 11 is 0. The predicted molar refractivity (Wildman–Crippen MR) is 98.5 cm³/mol. The van der Waals surface area contributed by atoms with Gasteiger partial charge in [0.05, 0.1) is 18.5 Å². The number of anilines is 1. The highest BCUT2D eigenvalue weighted by molar-refractivity contribution is 6.04. The van der Waals surface area contributed by atoms with Gasteiger partial charge in [-0.1, -0.05) is 13.8 Å². The van der Waals surface area contributed by atoms with Crippen molar-refractivity contribution in [1.29, 1.82) is 0 Å². The predicted octanol–water partition coefficient (Wildman–Crippen LogP) is 3.38. The summed E-state index contributed by atoms with van der Waals surface area (Å²) in [5.74, 6) is -0.0109. The quantitative estimate of drug-likeness (QED) is 0.754. The molecule has 1 aromatic heterocycles. The van der Waals surface area contributed by atoms with Gasteiger partial charge in [0.25, 0.3) is 5.91 Å². The summed E-state index contributed by atoms with van der Waals surface area (Å²) in [5, 5.41) is 16.0. The third-order valence-corrected chi connectivity index (χ3v) is 4.02. The molecule has 2 N–H and O–H groups in total. The van der Waals surface area contributed by atoms with Crippen LogP contribution >= 0.6 is 0 Å². The molecule has 1 amide bonds. The highest BCUT2D eigenvalue weighted by Crippen LogP contribution is 2.19. The molecule has 0 fully saturated rings. The summed E-state index contributed by atoms with van der Waals surface area (Å²) in [7, 11) is 0. The summed E-state index contributed by atoms with van der Waals surface area (Å²) in [5.41, 5.74) is -0.286. The fourth-order valence-electron chi connectivity index (χ4n) is 2.11. The molecule has 0 aliphatic heterocycles. The first-order valence-corrected chi connectivity index (χ1v) is 8.53. The lowest BCUT2D eigenvalue weighted by atomic mass is 10.1. The van der Waals surface area contributed by atoms with Gasteiger partial charge in [-0.3, -0.25) is 9.48 Å². The second kappa shape index (κ2) is 8.03. The van der Waals surface area contributed by atoms with Gasteiger partial charge in [-0.25, -0.2) is 4.79 Å². The molecule has 1 heterocycles. The van der Waals surface area contributed by atoms with Crippen LogP contribution in [0.5, 0.6) is 5.75 Å². The minimum absolute atomic E-state index is 0.300. The van der Waals surface area contributed by atoms with Gasteiger partial charge in [-0.2, -0.15) is 5.10 Å². The van der Waals surface area contributed by atoms with Gasteiger partial charge in [-0.15, -0.1) is 0 Å². The number of rotatable bonds is 8. The van der Waals surface area contributed by atoms with Gasteiger partial charge in [0.2, 0.25) is 0 Å². The standard InChI is InChI=1S/C19H25N3O4/c1-13(2)9-10-26-16-7-5-14(6-8-16)17(23)21-15-11-20-22(12-15)19(3,4)18(24)25/h5-8,11-13H,9-10H2,1-4H3,(H,21,23)(H,24,25). The van der Waals surface area contributed by atoms with E-state index < -0.39 is 11.5 Å². The fourth-order valence-corrected chi connectivity index (χ4v) is 2.11. The van der Waals surface area contributed by atoms with E-state index >= 15 is 0 Å². The van der Waals surface area contributed by atoms with Gasteiger partial charge >= 0.3 is 5.97 Å². The Hall–Kier alpha value is -2.83. The Kier molecular flexibility index (Phi) is 6.02. The van der Waals surface area contributed by atoms with Crippen molar-refractivity contribution in [2.24, 2.45) is 5.92 Å². The Bertz CT molecular complexity index is 763. The first kappa shape index (κ1) is 19.5. The number of hydrogen-bond acceptors (Lipinski definition) is 4. The van der Waals surface area contributed by atoms with Crippen LogP contribution in [0.1, 0.15) is 44.5 Å². The van der Waals surface area contributed by atoms with E-state index in [1.54, 1.807) is 24.3 Å². The molecule has 0 bridgehead atoms. The zero-order valence-electron chi connectivity index (χ0n) is 15.5. The van der Waals surface area contributed by atoms with E-state index in [1.165, 1.54) is 30.9 Å². The second-order valence-corrected chi connectivity index (χ2v) is 7.05. The fraction of sp³-hybridized carbons (Fsp3) is 0.421. The number of carbonyl (C=O) groups excluding carboxylic acids is 1. The normalized spacial score (nSPS) is 11.4. The average Bonchev–Trinajstić information content (AvgIpc) is 3.04. The number of nitrogens with zero attached hydrogens (tertiary/aromatic N) is 2. The van der Waals surface area contributed by atoms with E-state index in [1.807, 2.05) is 0 Å². The number of carbonyl (C=O) groups is 2. The zero-order chi connectivity index (χ0) is 19.3. The number of aromatic nitrogens is 2. The Morgan fingerprint density at radius 1 is 1.27 bits per heavy atom. The highest BCUT2D eigenvalue weighted by atomic mass is 16.5. The number of aliphatic carboxylic acids is 1. The summed E-state index contributed by atoms with van der Waals surface area (Å²) in [6.45, 7) is 7.98. The maximum absolute atomic E-state index is 12.3. The minimum atomic E-state index is -1.20. The molecule has 1 aromatic carbocycles. The second-order valence-electron chi connectivity index (χ2n) is 7.05. The number of nitrogens with one attached hydrogen (secondary N) is 1. The van der Waals surface area contributed by atoms with Crippen LogP contribution in [0.15, 0.2) is 36.7 Å². The monoisotopic (exact) mass is 359 g/mol. The van der Waals surface area contributed by atoms with Crippen molar-refractivity contribution < 1.29 is 19.4 Å². The molecular formula is C19H25N3O4. The molecule has 0 saturated heterocycles. The smallest absolute Gasteiger partial charge is 0.331 e. The van der Waals surface area contributed by atoms with Crippen molar-refractivity contribution in [2.45, 2.75) is 39.7 Å². The third-order valence-electron chi connectivity index (χ3n) is 4.02. The van der Waals surface area contributed by atoms with Gasteiger partial charge < -0.3 is 15.2 Å². The number of benzene rings is 1. The Balaban J connectivity index is 1.98. The molecule has 2 rings (SSSR count). The molecule has 0 aliphatic rings. The largest absolute Gasteiger partial charge is 0.494 e. The number of carboxylic acids is 1. The Labute approximate surface area is 153 Å². The lowest BCUT2D eigenvalue weighted by molar-refractivity contribution is -0.146. The first-order chi connectivity index (χ1) is 12.2. The number of ether oxygens (including phenoxy) is 1. The van der Waals surface area contributed by atoms with Crippen LogP contribution < -0.4 is 10.1 Å². The molecule has 0 saturated carbocycles. The molecule has 7 nitrogen and oxygen atoms in total. The molecule has 2 aromatic rings. The maximum atomic E-state index is 12.3. The van der Waals surface area contributed by atoms with E-state index in [4.69, 9.17) is 4.74 Å². The number of carboxylic acid groups (broad SMARTS) is 1. The lowest BCUT2D eigenvalue weighted by Gasteiger charge is -2.19. The molecule has 0 atom stereocenters. The van der Waals surface area contributed by atoms with Crippen LogP contribution in [0.2, 0.25) is 0 Å². The number of hydrogen-bond donors (Lipinski definition) is 2.